The third kappa shape index (κ3) is 6.23. The maximum absolute atomic E-state index is 13.5. The highest BCUT2D eigenvalue weighted by Crippen LogP contribution is 2.29. The molecule has 0 aliphatic heterocycles. The third-order valence-electron chi connectivity index (χ3n) is 5.10. The predicted octanol–water partition coefficient (Wildman–Crippen LogP) is 2.32. The molecule has 174 valence electrons. The second kappa shape index (κ2) is 11.0. The molecule has 9 heteroatoms. The zero-order valence-corrected chi connectivity index (χ0v) is 20.0. The van der Waals surface area contributed by atoms with Crippen LogP contribution in [0.1, 0.15) is 24.5 Å². The van der Waals surface area contributed by atoms with Crippen molar-refractivity contribution in [2.24, 2.45) is 0 Å². The van der Waals surface area contributed by atoms with E-state index in [1.54, 1.807) is 24.3 Å². The first kappa shape index (κ1) is 25.2. The van der Waals surface area contributed by atoms with Crippen LogP contribution in [0.4, 0.5) is 5.69 Å². The first-order chi connectivity index (χ1) is 15.1. The Morgan fingerprint density at radius 3 is 2.38 bits per heavy atom. The first-order valence-electron chi connectivity index (χ1n) is 10.3. The maximum atomic E-state index is 13.5. The van der Waals surface area contributed by atoms with Crippen LogP contribution in [0.5, 0.6) is 5.75 Å². The van der Waals surface area contributed by atoms with E-state index in [1.807, 2.05) is 38.1 Å². The lowest BCUT2D eigenvalue weighted by molar-refractivity contribution is -0.140. The standard InChI is InChI=1S/C23H31N3O5S/c1-6-19(23(28)24-3)25(15-18-11-9-10-17(2)14-18)22(27)16-26(32(5,29)30)20-12-7-8-13-21(20)31-4/h7-14,19H,6,15-16H2,1-5H3,(H,24,28)/t19-/m0/s1. The number of sulfonamides is 1. The molecule has 2 amide bonds. The molecule has 2 rings (SSSR count). The van der Waals surface area contributed by atoms with Gasteiger partial charge in [0.2, 0.25) is 21.8 Å². The molecule has 1 atom stereocenters. The van der Waals surface area contributed by atoms with Crippen molar-refractivity contribution < 1.29 is 22.7 Å². The topological polar surface area (TPSA) is 96.0 Å². The molecule has 1 N–H and O–H groups in total. The van der Waals surface area contributed by atoms with Crippen LogP contribution >= 0.6 is 0 Å². The zero-order valence-electron chi connectivity index (χ0n) is 19.2. The summed E-state index contributed by atoms with van der Waals surface area (Å²) in [6.07, 6.45) is 1.42. The molecule has 0 aliphatic rings. The van der Waals surface area contributed by atoms with Crippen molar-refractivity contribution in [2.75, 3.05) is 31.3 Å². The van der Waals surface area contributed by atoms with Crippen molar-refractivity contribution in [2.45, 2.75) is 32.9 Å². The van der Waals surface area contributed by atoms with Gasteiger partial charge in [-0.05, 0) is 31.0 Å². The van der Waals surface area contributed by atoms with Crippen LogP contribution in [0, 0.1) is 6.92 Å². The SMILES string of the molecule is CC[C@@H](C(=O)NC)N(Cc1cccc(C)c1)C(=O)CN(c1ccccc1OC)S(C)(=O)=O. The van der Waals surface area contributed by atoms with Crippen molar-refractivity contribution in [3.8, 4) is 5.75 Å². The Morgan fingerprint density at radius 2 is 1.81 bits per heavy atom. The minimum atomic E-state index is -3.81. The molecular formula is C23H31N3O5S. The number of para-hydroxylation sites is 2. The fourth-order valence-electron chi connectivity index (χ4n) is 3.52. The molecule has 2 aromatic rings. The quantitative estimate of drug-likeness (QED) is 0.586. The maximum Gasteiger partial charge on any atom is 0.244 e. The Labute approximate surface area is 190 Å². The number of hydrogen-bond acceptors (Lipinski definition) is 5. The monoisotopic (exact) mass is 461 g/mol. The van der Waals surface area contributed by atoms with E-state index in [2.05, 4.69) is 5.32 Å². The van der Waals surface area contributed by atoms with Gasteiger partial charge in [0.1, 0.15) is 18.3 Å². The van der Waals surface area contributed by atoms with Crippen molar-refractivity contribution >= 4 is 27.5 Å². The van der Waals surface area contributed by atoms with Crippen LogP contribution in [0.3, 0.4) is 0 Å². The largest absolute Gasteiger partial charge is 0.495 e. The number of methoxy groups -OCH3 is 1. The summed E-state index contributed by atoms with van der Waals surface area (Å²) in [6.45, 7) is 3.47. The number of carbonyl (C=O) groups is 2. The van der Waals surface area contributed by atoms with Crippen molar-refractivity contribution in [1.29, 1.82) is 0 Å². The molecule has 0 spiro atoms. The number of nitrogens with one attached hydrogen (secondary N) is 1. The van der Waals surface area contributed by atoms with Gasteiger partial charge in [0.05, 0.1) is 19.1 Å². The molecule has 0 bridgehead atoms. The van der Waals surface area contributed by atoms with Gasteiger partial charge in [-0.3, -0.25) is 13.9 Å². The Kier molecular flexibility index (Phi) is 8.65. The van der Waals surface area contributed by atoms with Gasteiger partial charge in [-0.1, -0.05) is 48.9 Å². The fraction of sp³-hybridized carbons (Fsp3) is 0.391. The number of amides is 2. The van der Waals surface area contributed by atoms with E-state index in [0.717, 1.165) is 21.7 Å². The Bertz CT molecular complexity index is 1060. The molecule has 2 aromatic carbocycles. The summed E-state index contributed by atoms with van der Waals surface area (Å²) in [5.41, 5.74) is 2.13. The molecule has 32 heavy (non-hydrogen) atoms. The summed E-state index contributed by atoms with van der Waals surface area (Å²) >= 11 is 0. The summed E-state index contributed by atoms with van der Waals surface area (Å²) < 4.78 is 31.5. The molecule has 0 aromatic heterocycles. The van der Waals surface area contributed by atoms with Gasteiger partial charge in [0.15, 0.2) is 0 Å². The number of ether oxygens (including phenoxy) is 1. The Hall–Kier alpha value is -3.07. The van der Waals surface area contributed by atoms with Crippen molar-refractivity contribution in [1.82, 2.24) is 10.2 Å². The first-order valence-corrected chi connectivity index (χ1v) is 12.1. The van der Waals surface area contributed by atoms with Gasteiger partial charge in [-0.25, -0.2) is 8.42 Å². The summed E-state index contributed by atoms with van der Waals surface area (Å²) in [7, 11) is -0.865. The van der Waals surface area contributed by atoms with E-state index in [1.165, 1.54) is 19.1 Å². The van der Waals surface area contributed by atoms with Crippen LogP contribution in [0.2, 0.25) is 0 Å². The molecule has 0 unspecified atom stereocenters. The highest BCUT2D eigenvalue weighted by atomic mass is 32.2. The summed E-state index contributed by atoms with van der Waals surface area (Å²) in [4.78, 5) is 27.5. The summed E-state index contributed by atoms with van der Waals surface area (Å²) in [5.74, 6) is -0.468. The van der Waals surface area contributed by atoms with E-state index in [4.69, 9.17) is 4.74 Å². The zero-order chi connectivity index (χ0) is 23.9. The second-order valence-corrected chi connectivity index (χ2v) is 9.40. The number of likely N-dealkylation sites (N-methyl/N-ethyl adjacent to an activating group) is 1. The lowest BCUT2D eigenvalue weighted by Gasteiger charge is -2.32. The Balaban J connectivity index is 2.47. The van der Waals surface area contributed by atoms with Gasteiger partial charge < -0.3 is 15.0 Å². The smallest absolute Gasteiger partial charge is 0.244 e. The molecule has 0 radical (unpaired) electrons. The van der Waals surface area contributed by atoms with Gasteiger partial charge >= 0.3 is 0 Å². The average molecular weight is 462 g/mol. The summed E-state index contributed by atoms with van der Waals surface area (Å²) in [6, 6.07) is 13.5. The van der Waals surface area contributed by atoms with Crippen LogP contribution < -0.4 is 14.4 Å². The fourth-order valence-corrected chi connectivity index (χ4v) is 4.38. The number of carbonyl (C=O) groups excluding carboxylic acids is 2. The van der Waals surface area contributed by atoms with Crippen LogP contribution in [0.15, 0.2) is 48.5 Å². The number of nitrogens with zero attached hydrogens (tertiary/aromatic N) is 2. The van der Waals surface area contributed by atoms with Gasteiger partial charge in [-0.2, -0.15) is 0 Å². The Morgan fingerprint density at radius 1 is 1.12 bits per heavy atom. The third-order valence-corrected chi connectivity index (χ3v) is 6.23. The molecule has 8 nitrogen and oxygen atoms in total. The van der Waals surface area contributed by atoms with E-state index in [9.17, 15) is 18.0 Å². The number of benzene rings is 2. The highest BCUT2D eigenvalue weighted by molar-refractivity contribution is 7.92. The predicted molar refractivity (Wildman–Crippen MR) is 125 cm³/mol. The molecule has 0 saturated carbocycles. The highest BCUT2D eigenvalue weighted by Gasteiger charge is 2.32. The van der Waals surface area contributed by atoms with Gasteiger partial charge in [-0.15, -0.1) is 0 Å². The van der Waals surface area contributed by atoms with Gasteiger partial charge in [0, 0.05) is 13.6 Å². The van der Waals surface area contributed by atoms with Crippen molar-refractivity contribution in [3.63, 3.8) is 0 Å². The minimum absolute atomic E-state index is 0.177. The lowest BCUT2D eigenvalue weighted by atomic mass is 10.1. The van der Waals surface area contributed by atoms with E-state index in [0.29, 0.717) is 12.2 Å². The molecule has 0 aliphatic carbocycles. The van der Waals surface area contributed by atoms with Crippen LogP contribution in [-0.4, -0.2) is 58.1 Å². The lowest BCUT2D eigenvalue weighted by Crippen LogP contribution is -2.51. The molecule has 0 fully saturated rings. The molecular weight excluding hydrogens is 430 g/mol. The van der Waals surface area contributed by atoms with E-state index >= 15 is 0 Å². The van der Waals surface area contributed by atoms with Gasteiger partial charge in [0.25, 0.3) is 0 Å². The number of aryl methyl sites for hydroxylation is 1. The van der Waals surface area contributed by atoms with Crippen LogP contribution in [-0.2, 0) is 26.2 Å². The number of rotatable bonds is 10. The second-order valence-electron chi connectivity index (χ2n) is 7.49. The average Bonchev–Trinajstić information content (AvgIpc) is 2.76. The summed E-state index contributed by atoms with van der Waals surface area (Å²) in [5, 5.41) is 2.60. The minimum Gasteiger partial charge on any atom is -0.495 e. The van der Waals surface area contributed by atoms with E-state index < -0.39 is 28.5 Å². The molecule has 0 heterocycles. The van der Waals surface area contributed by atoms with Crippen LogP contribution in [0.25, 0.3) is 0 Å². The van der Waals surface area contributed by atoms with Crippen molar-refractivity contribution in [3.05, 3.63) is 59.7 Å². The molecule has 0 saturated heterocycles. The van der Waals surface area contributed by atoms with E-state index in [-0.39, 0.29) is 18.1 Å². The normalized spacial score (nSPS) is 12.0. The number of anilines is 1. The number of hydrogen-bond donors (Lipinski definition) is 1.